The number of nitro groups is 1. The Labute approximate surface area is 179 Å². The molecule has 2 aromatic carbocycles. The van der Waals surface area contributed by atoms with Crippen molar-refractivity contribution in [3.05, 3.63) is 69.0 Å². The monoisotopic (exact) mass is 447 g/mol. The standard InChI is InChI=1S/C18H14ClN5O5S/c1-23-9-20-22-18(23)30-15-6-4-10(8-14(15)24(27)28)16(25)21-13-7-11(17(26)29-2)3-5-12(13)19/h3-9H,1-2H3,(H,21,25). The van der Waals surface area contributed by atoms with E-state index in [-0.39, 0.29) is 27.5 Å². The van der Waals surface area contributed by atoms with E-state index in [4.69, 9.17) is 11.6 Å². The smallest absolute Gasteiger partial charge is 0.337 e. The van der Waals surface area contributed by atoms with E-state index in [1.54, 1.807) is 11.6 Å². The lowest BCUT2D eigenvalue weighted by Gasteiger charge is -2.10. The first kappa shape index (κ1) is 21.3. The molecule has 1 N–H and O–H groups in total. The first-order valence-corrected chi connectivity index (χ1v) is 9.49. The molecular weight excluding hydrogens is 434 g/mol. The van der Waals surface area contributed by atoms with Gasteiger partial charge in [-0.15, -0.1) is 10.2 Å². The number of anilines is 1. The summed E-state index contributed by atoms with van der Waals surface area (Å²) < 4.78 is 6.26. The van der Waals surface area contributed by atoms with Crippen LogP contribution in [0.2, 0.25) is 5.02 Å². The number of aromatic nitrogens is 3. The van der Waals surface area contributed by atoms with E-state index in [1.165, 1.54) is 43.8 Å². The van der Waals surface area contributed by atoms with Crippen LogP contribution in [0.1, 0.15) is 20.7 Å². The highest BCUT2D eigenvalue weighted by molar-refractivity contribution is 7.99. The SMILES string of the molecule is COC(=O)c1ccc(Cl)c(NC(=O)c2ccc(Sc3nncn3C)c([N+](=O)[O-])c2)c1. The van der Waals surface area contributed by atoms with E-state index in [0.717, 1.165) is 17.8 Å². The van der Waals surface area contributed by atoms with E-state index in [0.29, 0.717) is 10.1 Å². The van der Waals surface area contributed by atoms with Crippen LogP contribution in [-0.2, 0) is 11.8 Å². The molecule has 12 heteroatoms. The van der Waals surface area contributed by atoms with E-state index < -0.39 is 16.8 Å². The van der Waals surface area contributed by atoms with Crippen molar-refractivity contribution in [2.24, 2.45) is 7.05 Å². The summed E-state index contributed by atoms with van der Waals surface area (Å²) in [7, 11) is 2.94. The minimum absolute atomic E-state index is 0.0450. The molecule has 3 rings (SSSR count). The van der Waals surface area contributed by atoms with Crippen molar-refractivity contribution >= 4 is 46.6 Å². The summed E-state index contributed by atoms with van der Waals surface area (Å²) in [4.78, 5) is 35.6. The van der Waals surface area contributed by atoms with Crippen molar-refractivity contribution in [2.75, 3.05) is 12.4 Å². The third-order valence-electron chi connectivity index (χ3n) is 3.92. The molecule has 1 amide bonds. The van der Waals surface area contributed by atoms with Gasteiger partial charge in [-0.05, 0) is 42.1 Å². The van der Waals surface area contributed by atoms with Crippen LogP contribution < -0.4 is 5.32 Å². The maximum Gasteiger partial charge on any atom is 0.337 e. The van der Waals surface area contributed by atoms with Gasteiger partial charge in [-0.1, -0.05) is 11.6 Å². The van der Waals surface area contributed by atoms with Crippen molar-refractivity contribution < 1.29 is 19.2 Å². The van der Waals surface area contributed by atoms with Crippen molar-refractivity contribution in [2.45, 2.75) is 10.1 Å². The second kappa shape index (κ2) is 8.93. The maximum atomic E-state index is 12.6. The van der Waals surface area contributed by atoms with Gasteiger partial charge < -0.3 is 14.6 Å². The first-order valence-electron chi connectivity index (χ1n) is 8.29. The number of aryl methyl sites for hydroxylation is 1. The second-order valence-corrected chi connectivity index (χ2v) is 7.32. The van der Waals surface area contributed by atoms with Gasteiger partial charge in [0.2, 0.25) is 0 Å². The maximum absolute atomic E-state index is 12.6. The molecule has 0 bridgehead atoms. The second-order valence-electron chi connectivity index (χ2n) is 5.91. The van der Waals surface area contributed by atoms with Gasteiger partial charge in [0, 0.05) is 18.7 Å². The molecule has 0 aliphatic carbocycles. The molecule has 0 aliphatic heterocycles. The van der Waals surface area contributed by atoms with Crippen LogP contribution in [0.4, 0.5) is 11.4 Å². The quantitative estimate of drug-likeness (QED) is 0.345. The summed E-state index contributed by atoms with van der Waals surface area (Å²) in [6.07, 6.45) is 1.47. The van der Waals surface area contributed by atoms with Crippen LogP contribution in [0, 0.1) is 10.1 Å². The van der Waals surface area contributed by atoms with Crippen molar-refractivity contribution in [3.8, 4) is 0 Å². The number of carbonyl (C=O) groups is 2. The molecule has 1 aromatic heterocycles. The van der Waals surface area contributed by atoms with Crippen molar-refractivity contribution in [3.63, 3.8) is 0 Å². The molecule has 0 saturated carbocycles. The Bertz CT molecular complexity index is 1150. The predicted molar refractivity (Wildman–Crippen MR) is 109 cm³/mol. The van der Waals surface area contributed by atoms with Gasteiger partial charge in [-0.2, -0.15) is 0 Å². The van der Waals surface area contributed by atoms with E-state index in [9.17, 15) is 19.7 Å². The number of nitrogens with zero attached hydrogens (tertiary/aromatic N) is 4. The normalized spacial score (nSPS) is 10.5. The Morgan fingerprint density at radius 2 is 1.97 bits per heavy atom. The average molecular weight is 448 g/mol. The van der Waals surface area contributed by atoms with E-state index in [1.807, 2.05) is 0 Å². The Morgan fingerprint density at radius 1 is 1.23 bits per heavy atom. The van der Waals surface area contributed by atoms with Gasteiger partial charge in [-0.25, -0.2) is 4.79 Å². The van der Waals surface area contributed by atoms with Gasteiger partial charge >= 0.3 is 5.97 Å². The van der Waals surface area contributed by atoms with Gasteiger partial charge in [-0.3, -0.25) is 14.9 Å². The summed E-state index contributed by atoms with van der Waals surface area (Å²) in [5, 5.41) is 22.3. The molecule has 10 nitrogen and oxygen atoms in total. The van der Waals surface area contributed by atoms with Crippen LogP contribution >= 0.6 is 23.4 Å². The summed E-state index contributed by atoms with van der Waals surface area (Å²) >= 11 is 7.14. The minimum Gasteiger partial charge on any atom is -0.465 e. The zero-order chi connectivity index (χ0) is 21.8. The van der Waals surface area contributed by atoms with Crippen LogP contribution in [0.5, 0.6) is 0 Å². The van der Waals surface area contributed by atoms with Gasteiger partial charge in [0.25, 0.3) is 11.6 Å². The Kier molecular flexibility index (Phi) is 6.33. The molecule has 1 heterocycles. The molecule has 0 fully saturated rings. The molecule has 30 heavy (non-hydrogen) atoms. The largest absolute Gasteiger partial charge is 0.465 e. The number of carbonyl (C=O) groups excluding carboxylic acids is 2. The molecule has 154 valence electrons. The molecule has 0 atom stereocenters. The van der Waals surface area contributed by atoms with Crippen LogP contribution in [0.25, 0.3) is 0 Å². The number of nitrogens with one attached hydrogen (secondary N) is 1. The number of rotatable bonds is 6. The van der Waals surface area contributed by atoms with Gasteiger partial charge in [0.1, 0.15) is 6.33 Å². The van der Waals surface area contributed by atoms with Gasteiger partial charge in [0.15, 0.2) is 5.16 Å². The number of nitro benzene ring substituents is 1. The fourth-order valence-electron chi connectivity index (χ4n) is 2.41. The summed E-state index contributed by atoms with van der Waals surface area (Å²) in [5.74, 6) is -1.22. The highest BCUT2D eigenvalue weighted by Gasteiger charge is 2.21. The van der Waals surface area contributed by atoms with Crippen molar-refractivity contribution in [1.29, 1.82) is 0 Å². The topological polar surface area (TPSA) is 129 Å². The van der Waals surface area contributed by atoms with Crippen LogP contribution in [-0.4, -0.2) is 38.7 Å². The fourth-order valence-corrected chi connectivity index (χ4v) is 3.43. The number of benzene rings is 2. The minimum atomic E-state index is -0.628. The number of methoxy groups -OCH3 is 1. The molecule has 0 unspecified atom stereocenters. The fraction of sp³-hybridized carbons (Fsp3) is 0.111. The molecule has 0 aliphatic rings. The molecule has 3 aromatic rings. The van der Waals surface area contributed by atoms with Crippen LogP contribution in [0.15, 0.2) is 52.8 Å². The highest BCUT2D eigenvalue weighted by Crippen LogP contribution is 2.34. The summed E-state index contributed by atoms with van der Waals surface area (Å²) in [6.45, 7) is 0. The number of hydrogen-bond donors (Lipinski definition) is 1. The Hall–Kier alpha value is -3.44. The zero-order valence-electron chi connectivity index (χ0n) is 15.7. The number of ether oxygens (including phenoxy) is 1. The lowest BCUT2D eigenvalue weighted by Crippen LogP contribution is -2.13. The summed E-state index contributed by atoms with van der Waals surface area (Å²) in [6, 6.07) is 8.31. The first-order chi connectivity index (χ1) is 14.3. The highest BCUT2D eigenvalue weighted by atomic mass is 35.5. The number of halogens is 1. The number of esters is 1. The number of hydrogen-bond acceptors (Lipinski definition) is 8. The van der Waals surface area contributed by atoms with E-state index >= 15 is 0 Å². The van der Waals surface area contributed by atoms with Crippen molar-refractivity contribution in [1.82, 2.24) is 14.8 Å². The zero-order valence-corrected chi connectivity index (χ0v) is 17.2. The Morgan fingerprint density at radius 3 is 2.60 bits per heavy atom. The van der Waals surface area contributed by atoms with Crippen LogP contribution in [0.3, 0.4) is 0 Å². The molecule has 0 spiro atoms. The van der Waals surface area contributed by atoms with Gasteiger partial charge in [0.05, 0.1) is 33.2 Å². The lowest BCUT2D eigenvalue weighted by atomic mass is 10.1. The third-order valence-corrected chi connectivity index (χ3v) is 5.37. The Balaban J connectivity index is 1.88. The summed E-state index contributed by atoms with van der Waals surface area (Å²) in [5.41, 5.74) is 0.150. The number of amides is 1. The lowest BCUT2D eigenvalue weighted by molar-refractivity contribution is -0.387. The average Bonchev–Trinajstić information content (AvgIpc) is 3.13. The molecule has 0 radical (unpaired) electrons. The molecule has 0 saturated heterocycles. The van der Waals surface area contributed by atoms with E-state index in [2.05, 4.69) is 20.3 Å². The predicted octanol–water partition coefficient (Wildman–Crippen LogP) is 3.57. The molecular formula is C18H14ClN5O5S. The third kappa shape index (κ3) is 4.58.